The van der Waals surface area contributed by atoms with Gasteiger partial charge in [-0.05, 0) is 24.5 Å². The van der Waals surface area contributed by atoms with E-state index < -0.39 is 0 Å². The Labute approximate surface area is 119 Å². The van der Waals surface area contributed by atoms with Crippen molar-refractivity contribution in [3.63, 3.8) is 0 Å². The molecule has 0 aliphatic carbocycles. The molecule has 0 aliphatic rings. The van der Waals surface area contributed by atoms with Gasteiger partial charge in [-0.3, -0.25) is 9.78 Å². The second-order valence-corrected chi connectivity index (χ2v) is 5.23. The number of aromatic nitrogens is 1. The summed E-state index contributed by atoms with van der Waals surface area (Å²) < 4.78 is 0. The molecule has 1 amide bonds. The molecule has 104 valence electrons. The number of pyridine rings is 1. The zero-order valence-corrected chi connectivity index (χ0v) is 12.0. The van der Waals surface area contributed by atoms with Crippen LogP contribution in [0.1, 0.15) is 25.8 Å². The summed E-state index contributed by atoms with van der Waals surface area (Å²) in [5.74, 6) is 0.542. The number of carbonyl (C=O) groups excluding carboxylic acids is 1. The minimum atomic E-state index is -0.0569. The van der Waals surface area contributed by atoms with E-state index in [1.807, 2.05) is 36.4 Å². The van der Waals surface area contributed by atoms with Gasteiger partial charge >= 0.3 is 0 Å². The zero-order chi connectivity index (χ0) is 14.4. The van der Waals surface area contributed by atoms with E-state index in [-0.39, 0.29) is 5.91 Å². The Bertz CT molecular complexity index is 612. The van der Waals surface area contributed by atoms with Crippen LogP contribution in [0.15, 0.2) is 42.6 Å². The molecule has 0 radical (unpaired) electrons. The Balaban J connectivity index is 2.04. The maximum atomic E-state index is 11.7. The first kappa shape index (κ1) is 14.3. The summed E-state index contributed by atoms with van der Waals surface area (Å²) in [6.07, 6.45) is 6.15. The van der Waals surface area contributed by atoms with E-state index in [2.05, 4.69) is 24.1 Å². The molecule has 3 heteroatoms. The highest BCUT2D eigenvalue weighted by molar-refractivity contribution is 5.95. The molecule has 0 bridgehead atoms. The fraction of sp³-hybridized carbons (Fsp3) is 0.294. The molecule has 1 heterocycles. The molecule has 0 aliphatic heterocycles. The molecular formula is C17H20N2O. The number of hydrogen-bond acceptors (Lipinski definition) is 2. The van der Waals surface area contributed by atoms with Gasteiger partial charge in [-0.15, -0.1) is 0 Å². The van der Waals surface area contributed by atoms with Crippen molar-refractivity contribution in [2.24, 2.45) is 5.92 Å². The second-order valence-electron chi connectivity index (χ2n) is 5.23. The zero-order valence-electron chi connectivity index (χ0n) is 12.0. The molecular weight excluding hydrogens is 248 g/mol. The third-order valence-corrected chi connectivity index (χ3v) is 3.10. The number of rotatable bonds is 5. The van der Waals surface area contributed by atoms with E-state index in [1.54, 1.807) is 12.3 Å². The fourth-order valence-corrected chi connectivity index (χ4v) is 1.97. The average molecular weight is 268 g/mol. The third kappa shape index (κ3) is 3.92. The monoisotopic (exact) mass is 268 g/mol. The van der Waals surface area contributed by atoms with Crippen LogP contribution >= 0.6 is 0 Å². The van der Waals surface area contributed by atoms with Gasteiger partial charge in [-0.25, -0.2) is 0 Å². The van der Waals surface area contributed by atoms with Crippen molar-refractivity contribution in [3.8, 4) is 0 Å². The molecule has 2 rings (SSSR count). The summed E-state index contributed by atoms with van der Waals surface area (Å²) >= 11 is 0. The molecule has 0 unspecified atom stereocenters. The topological polar surface area (TPSA) is 42.0 Å². The fourth-order valence-electron chi connectivity index (χ4n) is 1.97. The van der Waals surface area contributed by atoms with Crippen LogP contribution < -0.4 is 5.32 Å². The van der Waals surface area contributed by atoms with Crippen molar-refractivity contribution >= 4 is 22.9 Å². The quantitative estimate of drug-likeness (QED) is 0.844. The van der Waals surface area contributed by atoms with Crippen LogP contribution in [0.25, 0.3) is 17.0 Å². The van der Waals surface area contributed by atoms with Crippen LogP contribution in [0.4, 0.5) is 0 Å². The van der Waals surface area contributed by atoms with Gasteiger partial charge in [0.2, 0.25) is 5.91 Å². The van der Waals surface area contributed by atoms with Gasteiger partial charge in [-0.2, -0.15) is 0 Å². The van der Waals surface area contributed by atoms with E-state index >= 15 is 0 Å². The van der Waals surface area contributed by atoms with Crippen LogP contribution in [-0.2, 0) is 4.79 Å². The molecule has 1 aromatic carbocycles. The summed E-state index contributed by atoms with van der Waals surface area (Å²) in [5.41, 5.74) is 1.88. The number of amides is 1. The number of hydrogen-bond donors (Lipinski definition) is 1. The van der Waals surface area contributed by atoms with Crippen LogP contribution in [-0.4, -0.2) is 17.4 Å². The summed E-state index contributed by atoms with van der Waals surface area (Å²) in [7, 11) is 0. The molecule has 3 nitrogen and oxygen atoms in total. The van der Waals surface area contributed by atoms with Gasteiger partial charge < -0.3 is 5.32 Å². The molecule has 1 N–H and O–H groups in total. The molecule has 0 fully saturated rings. The van der Waals surface area contributed by atoms with Gasteiger partial charge in [-0.1, -0.05) is 38.1 Å². The van der Waals surface area contributed by atoms with E-state index in [0.29, 0.717) is 12.5 Å². The predicted molar refractivity (Wildman–Crippen MR) is 83.2 cm³/mol. The lowest BCUT2D eigenvalue weighted by Crippen LogP contribution is -2.23. The number of carbonyl (C=O) groups is 1. The van der Waals surface area contributed by atoms with E-state index in [9.17, 15) is 4.79 Å². The largest absolute Gasteiger partial charge is 0.353 e. The number of para-hydroxylation sites is 1. The molecule has 20 heavy (non-hydrogen) atoms. The van der Waals surface area contributed by atoms with E-state index in [4.69, 9.17) is 0 Å². The smallest absolute Gasteiger partial charge is 0.244 e. The van der Waals surface area contributed by atoms with Crippen molar-refractivity contribution in [2.45, 2.75) is 20.3 Å². The lowest BCUT2D eigenvalue weighted by molar-refractivity contribution is -0.116. The summed E-state index contributed by atoms with van der Waals surface area (Å²) in [5, 5.41) is 3.96. The van der Waals surface area contributed by atoms with E-state index in [0.717, 1.165) is 22.9 Å². The van der Waals surface area contributed by atoms with Crippen molar-refractivity contribution in [3.05, 3.63) is 48.2 Å². The van der Waals surface area contributed by atoms with Crippen LogP contribution in [0.2, 0.25) is 0 Å². The maximum absolute atomic E-state index is 11.7. The average Bonchev–Trinajstić information content (AvgIpc) is 2.44. The minimum Gasteiger partial charge on any atom is -0.353 e. The SMILES string of the molecule is CC(C)CCNC(=O)/C=C/c1cccc2cccnc12. The molecule has 0 spiro atoms. The number of nitrogens with one attached hydrogen (secondary N) is 1. The number of fused-ring (bicyclic) bond motifs is 1. The highest BCUT2D eigenvalue weighted by atomic mass is 16.1. The molecule has 0 saturated carbocycles. The Morgan fingerprint density at radius 1 is 1.30 bits per heavy atom. The molecule has 1 aromatic heterocycles. The highest BCUT2D eigenvalue weighted by Gasteiger charge is 2.00. The van der Waals surface area contributed by atoms with Gasteiger partial charge in [0.1, 0.15) is 0 Å². The van der Waals surface area contributed by atoms with Crippen molar-refractivity contribution in [1.29, 1.82) is 0 Å². The second kappa shape index (κ2) is 6.85. The molecule has 0 atom stereocenters. The summed E-state index contributed by atoms with van der Waals surface area (Å²) in [4.78, 5) is 16.1. The Morgan fingerprint density at radius 3 is 2.90 bits per heavy atom. The van der Waals surface area contributed by atoms with Crippen LogP contribution in [0.3, 0.4) is 0 Å². The van der Waals surface area contributed by atoms with Gasteiger partial charge in [0.05, 0.1) is 5.52 Å². The van der Waals surface area contributed by atoms with Crippen LogP contribution in [0.5, 0.6) is 0 Å². The first-order chi connectivity index (χ1) is 9.66. The number of nitrogens with zero attached hydrogens (tertiary/aromatic N) is 1. The van der Waals surface area contributed by atoms with Crippen molar-refractivity contribution in [1.82, 2.24) is 10.3 Å². The van der Waals surface area contributed by atoms with Crippen LogP contribution in [0, 0.1) is 5.92 Å². The van der Waals surface area contributed by atoms with Gasteiger partial charge in [0, 0.05) is 29.8 Å². The Hall–Kier alpha value is -2.16. The summed E-state index contributed by atoms with van der Waals surface area (Å²) in [6, 6.07) is 9.88. The predicted octanol–water partition coefficient (Wildman–Crippen LogP) is 3.41. The van der Waals surface area contributed by atoms with Gasteiger partial charge in [0.15, 0.2) is 0 Å². The van der Waals surface area contributed by atoms with Crippen molar-refractivity contribution < 1.29 is 4.79 Å². The summed E-state index contributed by atoms with van der Waals surface area (Å²) in [6.45, 7) is 5.00. The molecule has 2 aromatic rings. The Morgan fingerprint density at radius 2 is 2.10 bits per heavy atom. The normalized spacial score (nSPS) is 11.3. The van der Waals surface area contributed by atoms with Crippen molar-refractivity contribution in [2.75, 3.05) is 6.54 Å². The Kier molecular flexibility index (Phi) is 4.88. The lowest BCUT2D eigenvalue weighted by Gasteiger charge is -2.04. The third-order valence-electron chi connectivity index (χ3n) is 3.10. The highest BCUT2D eigenvalue weighted by Crippen LogP contribution is 2.16. The van der Waals surface area contributed by atoms with Gasteiger partial charge in [0.25, 0.3) is 0 Å². The first-order valence-corrected chi connectivity index (χ1v) is 6.96. The standard InChI is InChI=1S/C17H20N2O/c1-13(2)10-12-18-16(20)9-8-15-6-3-5-14-7-4-11-19-17(14)15/h3-9,11,13H,10,12H2,1-2H3,(H,18,20)/b9-8+. The first-order valence-electron chi connectivity index (χ1n) is 6.96. The number of benzene rings is 1. The maximum Gasteiger partial charge on any atom is 0.244 e. The molecule has 0 saturated heterocycles. The van der Waals surface area contributed by atoms with E-state index in [1.165, 1.54) is 0 Å². The lowest BCUT2D eigenvalue weighted by atomic mass is 10.1. The minimum absolute atomic E-state index is 0.0569.